The highest BCUT2D eigenvalue weighted by atomic mass is 16.1. The molecule has 0 fully saturated rings. The molecule has 0 aromatic carbocycles. The van der Waals surface area contributed by atoms with E-state index in [9.17, 15) is 4.79 Å². The van der Waals surface area contributed by atoms with Gasteiger partial charge < -0.3 is 0 Å². The van der Waals surface area contributed by atoms with Crippen LogP contribution in [0.25, 0.3) is 0 Å². The topological polar surface area (TPSA) is 29.4 Å². The fraction of sp³-hybridized carbons (Fsp3) is 0.900. The van der Waals surface area contributed by atoms with Gasteiger partial charge in [-0.25, -0.2) is 9.79 Å². The number of hydrogen-bond acceptors (Lipinski definition) is 2. The summed E-state index contributed by atoms with van der Waals surface area (Å²) < 4.78 is 0. The lowest BCUT2D eigenvalue weighted by Gasteiger charge is -2.25. The second-order valence-corrected chi connectivity index (χ2v) is 4.26. The molecule has 0 heterocycles. The molecule has 12 heavy (non-hydrogen) atoms. The van der Waals surface area contributed by atoms with Gasteiger partial charge in [0.05, 0.1) is 6.54 Å². The summed E-state index contributed by atoms with van der Waals surface area (Å²) in [6, 6.07) is 0. The van der Waals surface area contributed by atoms with Crippen LogP contribution >= 0.6 is 0 Å². The van der Waals surface area contributed by atoms with E-state index >= 15 is 0 Å². The van der Waals surface area contributed by atoms with Crippen molar-refractivity contribution >= 4 is 6.08 Å². The standard InChI is InChI=1S/C10H19NO/c1-5-10(3,4)6-9(2)7-11-8-12/h9H,5-7H2,1-4H3. The molecule has 0 bridgehead atoms. The quantitative estimate of drug-likeness (QED) is 0.459. The van der Waals surface area contributed by atoms with Crippen molar-refractivity contribution < 1.29 is 4.79 Å². The molecule has 0 N–H and O–H groups in total. The summed E-state index contributed by atoms with van der Waals surface area (Å²) in [6.45, 7) is 9.42. The van der Waals surface area contributed by atoms with Crippen LogP contribution in [0.15, 0.2) is 4.99 Å². The molecule has 0 aliphatic carbocycles. The fourth-order valence-corrected chi connectivity index (χ4v) is 1.35. The number of hydrogen-bond donors (Lipinski definition) is 0. The van der Waals surface area contributed by atoms with E-state index in [1.807, 2.05) is 0 Å². The summed E-state index contributed by atoms with van der Waals surface area (Å²) in [7, 11) is 0. The molecule has 2 heteroatoms. The average Bonchev–Trinajstić information content (AvgIpc) is 2.00. The van der Waals surface area contributed by atoms with Crippen molar-refractivity contribution in [2.75, 3.05) is 6.54 Å². The number of nitrogens with zero attached hydrogens (tertiary/aromatic N) is 1. The normalized spacial score (nSPS) is 13.7. The van der Waals surface area contributed by atoms with E-state index in [-0.39, 0.29) is 0 Å². The fourth-order valence-electron chi connectivity index (χ4n) is 1.35. The van der Waals surface area contributed by atoms with Gasteiger partial charge in [0.1, 0.15) is 0 Å². The zero-order valence-electron chi connectivity index (χ0n) is 8.55. The van der Waals surface area contributed by atoms with Crippen LogP contribution < -0.4 is 0 Å². The van der Waals surface area contributed by atoms with E-state index in [2.05, 4.69) is 32.7 Å². The molecular formula is C10H19NO. The van der Waals surface area contributed by atoms with Crippen LogP contribution in [0.4, 0.5) is 0 Å². The first-order valence-electron chi connectivity index (χ1n) is 4.55. The average molecular weight is 169 g/mol. The summed E-state index contributed by atoms with van der Waals surface area (Å²) in [5.74, 6) is 0.487. The number of isocyanates is 1. The van der Waals surface area contributed by atoms with E-state index in [1.165, 1.54) is 6.42 Å². The maximum atomic E-state index is 9.85. The smallest absolute Gasteiger partial charge is 0.211 e. The molecule has 0 radical (unpaired) electrons. The van der Waals surface area contributed by atoms with Gasteiger partial charge in [0.15, 0.2) is 0 Å². The van der Waals surface area contributed by atoms with Crippen LogP contribution in [0.2, 0.25) is 0 Å². The third kappa shape index (κ3) is 5.09. The molecule has 1 atom stereocenters. The Morgan fingerprint density at radius 1 is 1.50 bits per heavy atom. The third-order valence-electron chi connectivity index (χ3n) is 2.33. The number of carbonyl (C=O) groups excluding carboxylic acids is 1. The Hall–Kier alpha value is -0.620. The van der Waals surface area contributed by atoms with E-state index in [0.717, 1.165) is 6.42 Å². The van der Waals surface area contributed by atoms with Gasteiger partial charge >= 0.3 is 0 Å². The highest BCUT2D eigenvalue weighted by molar-refractivity contribution is 5.32. The second kappa shape index (κ2) is 5.10. The molecule has 0 amide bonds. The van der Waals surface area contributed by atoms with Gasteiger partial charge in [-0.2, -0.15) is 0 Å². The summed E-state index contributed by atoms with van der Waals surface area (Å²) in [5.41, 5.74) is 0.373. The SMILES string of the molecule is CCC(C)(C)CC(C)CN=C=O. The van der Waals surface area contributed by atoms with Gasteiger partial charge in [-0.05, 0) is 17.8 Å². The molecule has 0 aromatic rings. The zero-order valence-corrected chi connectivity index (χ0v) is 8.55. The minimum absolute atomic E-state index is 0.373. The Morgan fingerprint density at radius 2 is 2.08 bits per heavy atom. The highest BCUT2D eigenvalue weighted by Crippen LogP contribution is 2.28. The molecule has 0 aromatic heterocycles. The van der Waals surface area contributed by atoms with Gasteiger partial charge in [-0.15, -0.1) is 0 Å². The maximum absolute atomic E-state index is 9.85. The summed E-state index contributed by atoms with van der Waals surface area (Å²) >= 11 is 0. The van der Waals surface area contributed by atoms with Crippen molar-refractivity contribution in [1.82, 2.24) is 0 Å². The molecule has 0 aliphatic rings. The number of aliphatic imine (C=N–C) groups is 1. The molecule has 2 nitrogen and oxygen atoms in total. The number of rotatable bonds is 5. The molecule has 0 saturated heterocycles. The van der Waals surface area contributed by atoms with Gasteiger partial charge in [0, 0.05) is 0 Å². The lowest BCUT2D eigenvalue weighted by molar-refractivity contribution is 0.270. The Bertz CT molecular complexity index is 169. The van der Waals surface area contributed by atoms with Crippen molar-refractivity contribution in [2.24, 2.45) is 16.3 Å². The van der Waals surface area contributed by atoms with Gasteiger partial charge in [0.2, 0.25) is 6.08 Å². The highest BCUT2D eigenvalue weighted by Gasteiger charge is 2.18. The molecule has 0 spiro atoms. The molecule has 0 saturated carbocycles. The minimum atomic E-state index is 0.373. The first-order chi connectivity index (χ1) is 5.52. The van der Waals surface area contributed by atoms with Gasteiger partial charge in [-0.3, -0.25) is 0 Å². The Kier molecular flexibility index (Phi) is 4.84. The first-order valence-corrected chi connectivity index (χ1v) is 4.55. The largest absolute Gasteiger partial charge is 0.234 e. The van der Waals surface area contributed by atoms with Crippen LogP contribution in [0.3, 0.4) is 0 Å². The summed E-state index contributed by atoms with van der Waals surface area (Å²) in [5, 5.41) is 0. The minimum Gasteiger partial charge on any atom is -0.211 e. The Labute approximate surface area is 75.1 Å². The van der Waals surface area contributed by atoms with Crippen molar-refractivity contribution in [3.05, 3.63) is 0 Å². The van der Waals surface area contributed by atoms with Crippen molar-refractivity contribution in [3.63, 3.8) is 0 Å². The maximum Gasteiger partial charge on any atom is 0.234 e. The van der Waals surface area contributed by atoms with Crippen molar-refractivity contribution in [3.8, 4) is 0 Å². The Balaban J connectivity index is 3.82. The third-order valence-corrected chi connectivity index (χ3v) is 2.33. The van der Waals surface area contributed by atoms with E-state index in [0.29, 0.717) is 17.9 Å². The van der Waals surface area contributed by atoms with Crippen LogP contribution in [-0.2, 0) is 4.79 Å². The van der Waals surface area contributed by atoms with Gasteiger partial charge in [0.25, 0.3) is 0 Å². The first kappa shape index (κ1) is 11.4. The molecule has 0 rings (SSSR count). The summed E-state index contributed by atoms with van der Waals surface area (Å²) in [4.78, 5) is 13.4. The predicted molar refractivity (Wildman–Crippen MR) is 50.8 cm³/mol. The van der Waals surface area contributed by atoms with E-state index in [1.54, 1.807) is 6.08 Å². The lowest BCUT2D eigenvalue weighted by atomic mass is 9.81. The Morgan fingerprint density at radius 3 is 2.50 bits per heavy atom. The van der Waals surface area contributed by atoms with Crippen molar-refractivity contribution in [2.45, 2.75) is 40.5 Å². The van der Waals surface area contributed by atoms with Gasteiger partial charge in [-0.1, -0.05) is 34.1 Å². The molecule has 0 aliphatic heterocycles. The van der Waals surface area contributed by atoms with E-state index in [4.69, 9.17) is 0 Å². The monoisotopic (exact) mass is 169 g/mol. The summed E-state index contributed by atoms with van der Waals surface area (Å²) in [6.07, 6.45) is 3.87. The molecule has 1 unspecified atom stereocenters. The van der Waals surface area contributed by atoms with Crippen molar-refractivity contribution in [1.29, 1.82) is 0 Å². The van der Waals surface area contributed by atoms with Crippen LogP contribution in [0, 0.1) is 11.3 Å². The van der Waals surface area contributed by atoms with Crippen LogP contribution in [0.1, 0.15) is 40.5 Å². The zero-order chi connectivity index (χ0) is 9.61. The van der Waals surface area contributed by atoms with E-state index < -0.39 is 0 Å². The van der Waals surface area contributed by atoms with Crippen LogP contribution in [-0.4, -0.2) is 12.6 Å². The molecule has 70 valence electrons. The molecular weight excluding hydrogens is 150 g/mol. The predicted octanol–water partition coefficient (Wildman–Crippen LogP) is 2.78. The van der Waals surface area contributed by atoms with Crippen LogP contribution in [0.5, 0.6) is 0 Å². The lowest BCUT2D eigenvalue weighted by Crippen LogP contribution is -2.15. The second-order valence-electron chi connectivity index (χ2n) is 4.26.